The lowest BCUT2D eigenvalue weighted by atomic mass is 10.0. The fraction of sp³-hybridized carbons (Fsp3) is 0.480. The zero-order valence-electron chi connectivity index (χ0n) is 19.8. The molecule has 1 saturated heterocycles. The second-order valence-corrected chi connectivity index (χ2v) is 8.64. The van der Waals surface area contributed by atoms with Crippen molar-refractivity contribution in [3.63, 3.8) is 0 Å². The van der Waals surface area contributed by atoms with Crippen molar-refractivity contribution >= 4 is 22.4 Å². The van der Waals surface area contributed by atoms with Crippen molar-refractivity contribution in [1.29, 1.82) is 0 Å². The van der Waals surface area contributed by atoms with Crippen LogP contribution < -0.4 is 16.8 Å². The van der Waals surface area contributed by atoms with Crippen LogP contribution in [0.2, 0.25) is 0 Å². The average Bonchev–Trinajstić information content (AvgIpc) is 3.53. The van der Waals surface area contributed by atoms with E-state index in [1.807, 2.05) is 0 Å². The first-order valence-corrected chi connectivity index (χ1v) is 12.0. The van der Waals surface area contributed by atoms with Crippen LogP contribution >= 0.6 is 0 Å². The number of aromatic nitrogens is 2. The van der Waals surface area contributed by atoms with E-state index in [4.69, 9.17) is 11.5 Å². The Morgan fingerprint density at radius 3 is 2.09 bits per heavy atom. The number of anilines is 2. The number of likely N-dealkylation sites (tertiary alicyclic amines) is 1. The average molecular weight is 477 g/mol. The molecule has 1 saturated carbocycles. The third-order valence-corrected chi connectivity index (χ3v) is 6.19. The summed E-state index contributed by atoms with van der Waals surface area (Å²) in [6, 6.07) is 3.16. The van der Waals surface area contributed by atoms with Gasteiger partial charge in [0.1, 0.15) is 11.6 Å². The topological polar surface area (TPSA) is 96.0 Å². The number of benzene rings is 1. The summed E-state index contributed by atoms with van der Waals surface area (Å²) in [4.78, 5) is 8.96. The van der Waals surface area contributed by atoms with Crippen LogP contribution in [0.5, 0.6) is 0 Å². The highest BCUT2D eigenvalue weighted by Gasteiger charge is 2.17. The molecule has 3 heterocycles. The lowest BCUT2D eigenvalue weighted by Crippen LogP contribution is -2.26. The number of nitrogen functional groups attached to an aromatic ring is 1. The Bertz CT molecular complexity index is 1050. The standard InChI is InChI=1S/C14H11F3N4.C6H12.C5H12N2/c1-19-11-4-10(17)14(18)21-13(11)8-5-20-12-7(8)2-6(15)3-9(12)16;1-2-4-6-5-3-1;6-5-7-3-1-2-4-7/h2-5,19-20H,1H3,(H2,18,21);1-6H2;1-6H2. The maximum absolute atomic E-state index is 13.7. The van der Waals surface area contributed by atoms with Gasteiger partial charge in [-0.3, -0.25) is 4.90 Å². The van der Waals surface area contributed by atoms with Gasteiger partial charge in [0.25, 0.3) is 0 Å². The van der Waals surface area contributed by atoms with E-state index in [0.29, 0.717) is 22.3 Å². The van der Waals surface area contributed by atoms with Crippen molar-refractivity contribution in [3.05, 3.63) is 41.8 Å². The predicted molar refractivity (Wildman–Crippen MR) is 133 cm³/mol. The first-order chi connectivity index (χ1) is 16.4. The molecule has 34 heavy (non-hydrogen) atoms. The van der Waals surface area contributed by atoms with E-state index >= 15 is 0 Å². The van der Waals surface area contributed by atoms with E-state index in [2.05, 4.69) is 20.2 Å². The Kier molecular flexibility index (Phi) is 9.59. The summed E-state index contributed by atoms with van der Waals surface area (Å²) in [6.45, 7) is 3.19. The minimum Gasteiger partial charge on any atom is -0.386 e. The zero-order chi connectivity index (χ0) is 24.5. The smallest absolute Gasteiger partial charge is 0.167 e. The van der Waals surface area contributed by atoms with Gasteiger partial charge in [0.2, 0.25) is 0 Å². The number of halogens is 3. The molecule has 0 radical (unpaired) electrons. The normalized spacial score (nSPS) is 15.9. The molecule has 1 aliphatic heterocycles. The number of nitrogens with zero attached hydrogens (tertiary/aromatic N) is 2. The van der Waals surface area contributed by atoms with Gasteiger partial charge in [-0.15, -0.1) is 0 Å². The largest absolute Gasteiger partial charge is 0.386 e. The molecule has 2 fully saturated rings. The van der Waals surface area contributed by atoms with Crippen LogP contribution in [0, 0.1) is 17.5 Å². The number of fused-ring (bicyclic) bond motifs is 1. The third kappa shape index (κ3) is 6.64. The SMILES string of the molecule is C1CCCCC1.CNc1cc(F)c(N)nc1-c1c[nH]c2c(F)cc(F)cc12.NCN1CCCC1. The summed E-state index contributed by atoms with van der Waals surface area (Å²) in [5.74, 6) is -2.37. The van der Waals surface area contributed by atoms with Gasteiger partial charge in [0, 0.05) is 43.0 Å². The van der Waals surface area contributed by atoms with E-state index in [-0.39, 0.29) is 11.3 Å². The van der Waals surface area contributed by atoms with Crippen LogP contribution in [-0.4, -0.2) is 41.7 Å². The Morgan fingerprint density at radius 1 is 0.941 bits per heavy atom. The molecule has 1 aromatic carbocycles. The van der Waals surface area contributed by atoms with Crippen LogP contribution in [-0.2, 0) is 0 Å². The number of aromatic amines is 1. The lowest BCUT2D eigenvalue weighted by Gasteiger charge is -2.09. The van der Waals surface area contributed by atoms with Crippen LogP contribution in [0.15, 0.2) is 24.4 Å². The van der Waals surface area contributed by atoms with E-state index < -0.39 is 17.5 Å². The zero-order valence-corrected chi connectivity index (χ0v) is 19.8. The molecule has 0 unspecified atom stereocenters. The highest BCUT2D eigenvalue weighted by Crippen LogP contribution is 2.35. The Labute approximate surface area is 198 Å². The van der Waals surface area contributed by atoms with Gasteiger partial charge in [-0.2, -0.15) is 0 Å². The van der Waals surface area contributed by atoms with Crippen LogP contribution in [0.4, 0.5) is 24.7 Å². The molecule has 6 N–H and O–H groups in total. The molecule has 1 aliphatic carbocycles. The molecular weight excluding hydrogens is 441 g/mol. The molecule has 0 spiro atoms. The number of hydrogen-bond acceptors (Lipinski definition) is 5. The van der Waals surface area contributed by atoms with E-state index in [1.165, 1.54) is 82.8 Å². The molecular formula is C25H35F3N6. The monoisotopic (exact) mass is 476 g/mol. The Morgan fingerprint density at radius 2 is 1.56 bits per heavy atom. The summed E-state index contributed by atoms with van der Waals surface area (Å²) in [6.07, 6.45) is 13.2. The maximum Gasteiger partial charge on any atom is 0.167 e. The Balaban J connectivity index is 0.000000202. The number of hydrogen-bond donors (Lipinski definition) is 4. The van der Waals surface area contributed by atoms with Crippen molar-refractivity contribution in [2.24, 2.45) is 5.73 Å². The van der Waals surface area contributed by atoms with Gasteiger partial charge in [-0.1, -0.05) is 38.5 Å². The summed E-state index contributed by atoms with van der Waals surface area (Å²) in [5, 5.41) is 3.09. The maximum atomic E-state index is 13.7. The summed E-state index contributed by atoms with van der Waals surface area (Å²) in [5.41, 5.74) is 12.1. The molecule has 5 rings (SSSR count). The van der Waals surface area contributed by atoms with Crippen LogP contribution in [0.3, 0.4) is 0 Å². The first kappa shape index (κ1) is 25.8. The lowest BCUT2D eigenvalue weighted by molar-refractivity contribution is 0.350. The van der Waals surface area contributed by atoms with Crippen LogP contribution in [0.25, 0.3) is 22.2 Å². The molecule has 0 bridgehead atoms. The predicted octanol–water partition coefficient (Wildman–Crippen LogP) is 5.61. The highest BCUT2D eigenvalue weighted by atomic mass is 19.1. The number of nitrogens with one attached hydrogen (secondary N) is 2. The minimum absolute atomic E-state index is 0.151. The van der Waals surface area contributed by atoms with Crippen molar-refractivity contribution in [3.8, 4) is 11.3 Å². The third-order valence-electron chi connectivity index (χ3n) is 6.19. The minimum atomic E-state index is -0.711. The molecule has 6 nitrogen and oxygen atoms in total. The first-order valence-electron chi connectivity index (χ1n) is 12.0. The van der Waals surface area contributed by atoms with Crippen molar-refractivity contribution in [1.82, 2.24) is 14.9 Å². The van der Waals surface area contributed by atoms with Gasteiger partial charge in [-0.05, 0) is 32.0 Å². The van der Waals surface area contributed by atoms with Crippen molar-refractivity contribution in [2.45, 2.75) is 51.4 Å². The van der Waals surface area contributed by atoms with E-state index in [9.17, 15) is 13.2 Å². The second kappa shape index (κ2) is 12.6. The van der Waals surface area contributed by atoms with E-state index in [0.717, 1.165) is 12.7 Å². The van der Waals surface area contributed by atoms with Crippen LogP contribution in [0.1, 0.15) is 51.4 Å². The molecule has 2 aromatic heterocycles. The summed E-state index contributed by atoms with van der Waals surface area (Å²) < 4.78 is 40.6. The van der Waals surface area contributed by atoms with Crippen molar-refractivity contribution < 1.29 is 13.2 Å². The fourth-order valence-corrected chi connectivity index (χ4v) is 4.28. The molecule has 0 atom stereocenters. The number of nitrogens with two attached hydrogens (primary N) is 2. The van der Waals surface area contributed by atoms with E-state index in [1.54, 1.807) is 7.05 Å². The van der Waals surface area contributed by atoms with Gasteiger partial charge >= 0.3 is 0 Å². The van der Waals surface area contributed by atoms with Gasteiger partial charge < -0.3 is 21.8 Å². The number of pyridine rings is 1. The quantitative estimate of drug-likeness (QED) is 0.394. The molecule has 0 amide bonds. The number of H-pyrrole nitrogens is 1. The van der Waals surface area contributed by atoms with Crippen molar-refractivity contribution in [2.75, 3.05) is 37.9 Å². The van der Waals surface area contributed by atoms with Gasteiger partial charge in [-0.25, -0.2) is 18.2 Å². The second-order valence-electron chi connectivity index (χ2n) is 8.64. The Hall–Kier alpha value is -2.78. The molecule has 2 aliphatic rings. The highest BCUT2D eigenvalue weighted by molar-refractivity contribution is 5.98. The summed E-state index contributed by atoms with van der Waals surface area (Å²) >= 11 is 0. The molecule has 186 valence electrons. The summed E-state index contributed by atoms with van der Waals surface area (Å²) in [7, 11) is 1.59. The van der Waals surface area contributed by atoms with Gasteiger partial charge in [0.05, 0.1) is 16.9 Å². The van der Waals surface area contributed by atoms with Gasteiger partial charge in [0.15, 0.2) is 11.6 Å². The molecule has 3 aromatic rings. The number of rotatable bonds is 3. The fourth-order valence-electron chi connectivity index (χ4n) is 4.28. The molecule has 9 heteroatoms.